The van der Waals surface area contributed by atoms with E-state index in [1.165, 1.54) is 0 Å². The van der Waals surface area contributed by atoms with E-state index in [0.717, 1.165) is 0 Å². The molecule has 0 spiro atoms. The van der Waals surface area contributed by atoms with Gasteiger partial charge in [-0.25, -0.2) is 9.59 Å². The molecule has 0 saturated carbocycles. The van der Waals surface area contributed by atoms with Gasteiger partial charge in [-0.15, -0.1) is 0 Å². The maximum absolute atomic E-state index is 12.2. The Morgan fingerprint density at radius 2 is 0.816 bits per heavy atom. The van der Waals surface area contributed by atoms with Crippen LogP contribution in [0.4, 0.5) is 9.59 Å². The highest BCUT2D eigenvalue weighted by atomic mass is 16.6. The standard InChI is InChI=1S/C32H63N7O10/c1-30(2,3)48-28(43)38-17-8-15-36-26(41)11-20-46-23-32(34,22-45-19-10-25(40)35-14-7-13-33)24-47-21-12-27(42)37-16-9-18-39-29(44)49-31(4,5)6/h7-24,33-34H2,1-6H3,(H,35,40)(H,36,41)(H,37,42)(H,38,43)(H,39,44). The fourth-order valence-corrected chi connectivity index (χ4v) is 3.68. The Kier molecular flexibility index (Phi) is 24.0. The summed E-state index contributed by atoms with van der Waals surface area (Å²) in [6, 6.07) is 0. The normalized spacial score (nSPS) is 11.8. The molecule has 0 bridgehead atoms. The van der Waals surface area contributed by atoms with E-state index in [0.29, 0.717) is 58.5 Å². The molecule has 0 unspecified atom stereocenters. The van der Waals surface area contributed by atoms with Crippen molar-refractivity contribution < 1.29 is 47.7 Å². The third-order valence-electron chi connectivity index (χ3n) is 5.98. The molecule has 0 saturated heterocycles. The van der Waals surface area contributed by atoms with E-state index < -0.39 is 28.9 Å². The first-order valence-corrected chi connectivity index (χ1v) is 16.9. The number of hydrogen-bond acceptors (Lipinski definition) is 12. The van der Waals surface area contributed by atoms with Gasteiger partial charge < -0.3 is 61.7 Å². The Hall–Kier alpha value is -3.25. The van der Waals surface area contributed by atoms with Crippen molar-refractivity contribution in [2.75, 3.05) is 78.9 Å². The SMILES string of the molecule is CC(C)(C)OC(=O)NCCCNC(=O)CCOCC(N)(COCCC(=O)NCCCN)COCCC(=O)NCCCNC(=O)OC(C)(C)C. The number of nitrogens with two attached hydrogens (primary N) is 2. The molecule has 0 rings (SSSR count). The van der Waals surface area contributed by atoms with Crippen LogP contribution < -0.4 is 38.1 Å². The predicted octanol–water partition coefficient (Wildman–Crippen LogP) is 0.431. The lowest BCUT2D eigenvalue weighted by atomic mass is 10.1. The molecule has 0 aromatic heterocycles. The molecule has 0 heterocycles. The monoisotopic (exact) mass is 705 g/mol. The molecule has 17 heteroatoms. The zero-order chi connectivity index (χ0) is 37.2. The molecule has 5 amide bonds. The van der Waals surface area contributed by atoms with Gasteiger partial charge in [0.05, 0.1) is 45.2 Å². The lowest BCUT2D eigenvalue weighted by Crippen LogP contribution is -2.53. The summed E-state index contributed by atoms with van der Waals surface area (Å²) < 4.78 is 27.4. The van der Waals surface area contributed by atoms with Crippen LogP contribution >= 0.6 is 0 Å². The van der Waals surface area contributed by atoms with E-state index in [4.69, 9.17) is 35.2 Å². The maximum Gasteiger partial charge on any atom is 0.407 e. The van der Waals surface area contributed by atoms with Crippen LogP contribution in [0.2, 0.25) is 0 Å². The lowest BCUT2D eigenvalue weighted by Gasteiger charge is -2.29. The molecule has 0 aliphatic carbocycles. The van der Waals surface area contributed by atoms with E-state index in [2.05, 4.69) is 26.6 Å². The smallest absolute Gasteiger partial charge is 0.407 e. The van der Waals surface area contributed by atoms with E-state index in [1.807, 2.05) is 0 Å². The summed E-state index contributed by atoms with van der Waals surface area (Å²) in [5, 5.41) is 13.5. The third-order valence-corrected chi connectivity index (χ3v) is 5.98. The number of carbonyl (C=O) groups is 5. The highest BCUT2D eigenvalue weighted by Crippen LogP contribution is 2.08. The molecule has 0 radical (unpaired) electrons. The quantitative estimate of drug-likeness (QED) is 0.0606. The first-order chi connectivity index (χ1) is 22.9. The Bertz CT molecular complexity index is 913. The number of amides is 5. The Balaban J connectivity index is 4.51. The van der Waals surface area contributed by atoms with Crippen molar-refractivity contribution in [3.8, 4) is 0 Å². The highest BCUT2D eigenvalue weighted by molar-refractivity contribution is 5.76. The minimum absolute atomic E-state index is 0.000368. The number of carbonyl (C=O) groups excluding carboxylic acids is 5. The largest absolute Gasteiger partial charge is 0.444 e. The molecule has 0 aromatic carbocycles. The fourth-order valence-electron chi connectivity index (χ4n) is 3.68. The second-order valence-corrected chi connectivity index (χ2v) is 13.5. The molecule has 0 fully saturated rings. The highest BCUT2D eigenvalue weighted by Gasteiger charge is 2.27. The van der Waals surface area contributed by atoms with Crippen LogP contribution in [-0.2, 0) is 38.1 Å². The van der Waals surface area contributed by atoms with Crippen LogP contribution in [0.3, 0.4) is 0 Å². The van der Waals surface area contributed by atoms with Crippen molar-refractivity contribution in [2.24, 2.45) is 11.5 Å². The van der Waals surface area contributed by atoms with Crippen LogP contribution in [0, 0.1) is 0 Å². The van der Waals surface area contributed by atoms with Crippen molar-refractivity contribution >= 4 is 29.9 Å². The van der Waals surface area contributed by atoms with Gasteiger partial charge in [-0.05, 0) is 67.3 Å². The van der Waals surface area contributed by atoms with E-state index in [1.54, 1.807) is 41.5 Å². The van der Waals surface area contributed by atoms with Crippen molar-refractivity contribution in [3.05, 3.63) is 0 Å². The van der Waals surface area contributed by atoms with Crippen molar-refractivity contribution in [2.45, 2.75) is 96.8 Å². The van der Waals surface area contributed by atoms with E-state index in [-0.39, 0.29) is 76.6 Å². The van der Waals surface area contributed by atoms with Gasteiger partial charge in [0.2, 0.25) is 17.7 Å². The third kappa shape index (κ3) is 30.5. The molecule has 0 aliphatic rings. The molecule has 49 heavy (non-hydrogen) atoms. The Morgan fingerprint density at radius 3 is 1.12 bits per heavy atom. The summed E-state index contributed by atoms with van der Waals surface area (Å²) in [6.07, 6.45) is 1.04. The fraction of sp³-hybridized carbons (Fsp3) is 0.844. The van der Waals surface area contributed by atoms with Crippen LogP contribution in [-0.4, -0.2) is 126 Å². The van der Waals surface area contributed by atoms with Crippen LogP contribution in [0.5, 0.6) is 0 Å². The number of ether oxygens (including phenoxy) is 5. The van der Waals surface area contributed by atoms with Gasteiger partial charge in [0.25, 0.3) is 0 Å². The average molecular weight is 706 g/mol. The van der Waals surface area contributed by atoms with Crippen LogP contribution in [0.25, 0.3) is 0 Å². The molecule has 17 nitrogen and oxygen atoms in total. The molecule has 0 aliphatic heterocycles. The lowest BCUT2D eigenvalue weighted by molar-refractivity contribution is -0.122. The Labute approximate surface area is 291 Å². The zero-order valence-electron chi connectivity index (χ0n) is 30.5. The molecule has 0 atom stereocenters. The average Bonchev–Trinajstić information content (AvgIpc) is 2.98. The Morgan fingerprint density at radius 1 is 0.510 bits per heavy atom. The summed E-state index contributed by atoms with van der Waals surface area (Å²) >= 11 is 0. The zero-order valence-corrected chi connectivity index (χ0v) is 30.5. The van der Waals surface area contributed by atoms with Crippen LogP contribution in [0.1, 0.15) is 80.1 Å². The molecule has 0 aromatic rings. The number of hydrogen-bond donors (Lipinski definition) is 7. The van der Waals surface area contributed by atoms with Crippen molar-refractivity contribution in [1.82, 2.24) is 26.6 Å². The van der Waals surface area contributed by atoms with Crippen molar-refractivity contribution in [1.29, 1.82) is 0 Å². The summed E-state index contributed by atoms with van der Waals surface area (Å²) in [5.74, 6) is -0.610. The number of alkyl carbamates (subject to hydrolysis) is 2. The predicted molar refractivity (Wildman–Crippen MR) is 184 cm³/mol. The summed E-state index contributed by atoms with van der Waals surface area (Å²) in [4.78, 5) is 59.7. The second-order valence-electron chi connectivity index (χ2n) is 13.5. The summed E-state index contributed by atoms with van der Waals surface area (Å²) in [6.45, 7) is 13.4. The van der Waals surface area contributed by atoms with Gasteiger partial charge in [0, 0.05) is 52.0 Å². The first-order valence-electron chi connectivity index (χ1n) is 16.9. The van der Waals surface area contributed by atoms with E-state index >= 15 is 0 Å². The summed E-state index contributed by atoms with van der Waals surface area (Å²) in [5.41, 5.74) is 9.69. The van der Waals surface area contributed by atoms with Gasteiger partial charge in [-0.1, -0.05) is 0 Å². The molecular formula is C32H63N7O10. The maximum atomic E-state index is 12.2. The van der Waals surface area contributed by atoms with Gasteiger partial charge in [0.1, 0.15) is 11.2 Å². The molecule has 9 N–H and O–H groups in total. The van der Waals surface area contributed by atoms with Gasteiger partial charge >= 0.3 is 12.2 Å². The van der Waals surface area contributed by atoms with Gasteiger partial charge in [0.15, 0.2) is 0 Å². The summed E-state index contributed by atoms with van der Waals surface area (Å²) in [7, 11) is 0. The van der Waals surface area contributed by atoms with Crippen molar-refractivity contribution in [3.63, 3.8) is 0 Å². The van der Waals surface area contributed by atoms with Gasteiger partial charge in [-0.3, -0.25) is 14.4 Å². The minimum atomic E-state index is -1.11. The van der Waals surface area contributed by atoms with E-state index in [9.17, 15) is 24.0 Å². The first kappa shape index (κ1) is 45.8. The molecular weight excluding hydrogens is 642 g/mol. The van der Waals surface area contributed by atoms with Gasteiger partial charge in [-0.2, -0.15) is 0 Å². The topological polar surface area (TPSA) is 244 Å². The minimum Gasteiger partial charge on any atom is -0.444 e. The van der Waals surface area contributed by atoms with Crippen LogP contribution in [0.15, 0.2) is 0 Å². The number of nitrogens with one attached hydrogen (secondary N) is 5. The number of rotatable bonds is 26. The second kappa shape index (κ2) is 25.7. The molecule has 286 valence electrons.